The molecule has 1 aromatic rings. The van der Waals surface area contributed by atoms with Gasteiger partial charge < -0.3 is 4.74 Å². The highest BCUT2D eigenvalue weighted by molar-refractivity contribution is 5.29. The van der Waals surface area contributed by atoms with Crippen molar-refractivity contribution in [3.05, 3.63) is 42.2 Å². The third kappa shape index (κ3) is 7.75. The SMILES string of the molecule is CCCCOc1ccc([C@H]2CC[C@H](CC[C@H]3CC[C@H](CCC=CF)CC3)CC2)cc1. The lowest BCUT2D eigenvalue weighted by atomic mass is 9.74. The van der Waals surface area contributed by atoms with Crippen LogP contribution < -0.4 is 4.74 Å². The molecule has 2 heteroatoms. The third-order valence-electron chi connectivity index (χ3n) is 7.75. The topological polar surface area (TPSA) is 9.23 Å². The fourth-order valence-electron chi connectivity index (χ4n) is 5.63. The van der Waals surface area contributed by atoms with Gasteiger partial charge in [-0.25, -0.2) is 4.39 Å². The van der Waals surface area contributed by atoms with E-state index < -0.39 is 0 Å². The van der Waals surface area contributed by atoms with E-state index in [9.17, 15) is 4.39 Å². The second-order valence-electron chi connectivity index (χ2n) is 9.89. The molecule has 0 bridgehead atoms. The molecule has 0 aromatic heterocycles. The second kappa shape index (κ2) is 13.2. The summed E-state index contributed by atoms with van der Waals surface area (Å²) in [6.45, 7) is 3.03. The van der Waals surface area contributed by atoms with Gasteiger partial charge in [0.25, 0.3) is 0 Å². The number of unbranched alkanes of at least 4 members (excludes halogenated alkanes) is 1. The van der Waals surface area contributed by atoms with Crippen molar-refractivity contribution in [1.29, 1.82) is 0 Å². The van der Waals surface area contributed by atoms with Crippen molar-refractivity contribution in [2.24, 2.45) is 17.8 Å². The molecule has 2 fully saturated rings. The number of rotatable bonds is 11. The summed E-state index contributed by atoms with van der Waals surface area (Å²) in [4.78, 5) is 0. The molecule has 0 amide bonds. The van der Waals surface area contributed by atoms with Crippen molar-refractivity contribution < 1.29 is 9.13 Å². The summed E-state index contributed by atoms with van der Waals surface area (Å²) in [5.41, 5.74) is 1.51. The van der Waals surface area contributed by atoms with Gasteiger partial charge in [-0.1, -0.05) is 70.1 Å². The van der Waals surface area contributed by atoms with Crippen LogP contribution in [-0.2, 0) is 0 Å². The fourth-order valence-corrected chi connectivity index (χ4v) is 5.63. The molecule has 2 aliphatic carbocycles. The van der Waals surface area contributed by atoms with Crippen LogP contribution >= 0.6 is 0 Å². The number of benzene rings is 1. The van der Waals surface area contributed by atoms with E-state index in [-0.39, 0.29) is 0 Å². The van der Waals surface area contributed by atoms with E-state index in [2.05, 4.69) is 31.2 Å². The summed E-state index contributed by atoms with van der Waals surface area (Å²) in [6, 6.07) is 8.94. The van der Waals surface area contributed by atoms with Gasteiger partial charge in [0, 0.05) is 0 Å². The molecular weight excluding hydrogens is 371 g/mol. The molecule has 0 heterocycles. The first-order chi connectivity index (χ1) is 14.8. The second-order valence-corrected chi connectivity index (χ2v) is 9.89. The van der Waals surface area contributed by atoms with E-state index in [4.69, 9.17) is 4.74 Å². The lowest BCUT2D eigenvalue weighted by molar-refractivity contribution is 0.225. The Labute approximate surface area is 184 Å². The molecule has 2 saturated carbocycles. The van der Waals surface area contributed by atoms with E-state index >= 15 is 0 Å². The Morgan fingerprint density at radius 2 is 1.40 bits per heavy atom. The van der Waals surface area contributed by atoms with Crippen LogP contribution in [0.15, 0.2) is 36.7 Å². The van der Waals surface area contributed by atoms with Gasteiger partial charge in [0.1, 0.15) is 5.75 Å². The maximum Gasteiger partial charge on any atom is 0.119 e. The zero-order valence-electron chi connectivity index (χ0n) is 19.2. The van der Waals surface area contributed by atoms with Gasteiger partial charge in [-0.3, -0.25) is 0 Å². The fraction of sp³-hybridized carbons (Fsp3) is 0.714. The molecule has 0 saturated heterocycles. The number of hydrogen-bond acceptors (Lipinski definition) is 1. The molecular formula is C28H43FO. The first kappa shape index (κ1) is 23.4. The lowest BCUT2D eigenvalue weighted by Crippen LogP contribution is -2.17. The van der Waals surface area contributed by atoms with Crippen molar-refractivity contribution in [3.63, 3.8) is 0 Å². The molecule has 0 radical (unpaired) electrons. The smallest absolute Gasteiger partial charge is 0.119 e. The predicted octanol–water partition coefficient (Wildman–Crippen LogP) is 8.99. The van der Waals surface area contributed by atoms with Gasteiger partial charge in [0.2, 0.25) is 0 Å². The Morgan fingerprint density at radius 3 is 1.97 bits per heavy atom. The molecule has 168 valence electrons. The van der Waals surface area contributed by atoms with Gasteiger partial charge in [-0.05, 0) is 86.3 Å². The normalized spacial score (nSPS) is 27.4. The summed E-state index contributed by atoms with van der Waals surface area (Å²) in [6.07, 6.45) is 20.8. The van der Waals surface area contributed by atoms with Gasteiger partial charge in [0.05, 0.1) is 12.9 Å². The van der Waals surface area contributed by atoms with Crippen molar-refractivity contribution >= 4 is 0 Å². The van der Waals surface area contributed by atoms with E-state index in [1.165, 1.54) is 82.6 Å². The molecule has 30 heavy (non-hydrogen) atoms. The lowest BCUT2D eigenvalue weighted by Gasteiger charge is -2.32. The predicted molar refractivity (Wildman–Crippen MR) is 126 cm³/mol. The van der Waals surface area contributed by atoms with Crippen LogP contribution in [0.3, 0.4) is 0 Å². The molecule has 0 N–H and O–H groups in total. The zero-order valence-corrected chi connectivity index (χ0v) is 19.2. The largest absolute Gasteiger partial charge is 0.494 e. The number of halogens is 1. The summed E-state index contributed by atoms with van der Waals surface area (Å²) in [7, 11) is 0. The average molecular weight is 415 g/mol. The summed E-state index contributed by atoms with van der Waals surface area (Å²) >= 11 is 0. The van der Waals surface area contributed by atoms with Crippen molar-refractivity contribution in [2.45, 2.75) is 103 Å². The monoisotopic (exact) mass is 414 g/mol. The van der Waals surface area contributed by atoms with Gasteiger partial charge >= 0.3 is 0 Å². The Balaban J connectivity index is 1.30. The van der Waals surface area contributed by atoms with Crippen LogP contribution in [0.1, 0.15) is 108 Å². The van der Waals surface area contributed by atoms with Crippen molar-refractivity contribution in [2.75, 3.05) is 6.61 Å². The Kier molecular flexibility index (Phi) is 10.3. The maximum absolute atomic E-state index is 12.1. The van der Waals surface area contributed by atoms with Crippen LogP contribution in [0.2, 0.25) is 0 Å². The minimum absolute atomic E-state index is 0.707. The van der Waals surface area contributed by atoms with E-state index in [0.717, 1.165) is 48.9 Å². The van der Waals surface area contributed by atoms with E-state index in [1.54, 1.807) is 6.08 Å². The average Bonchev–Trinajstić information content (AvgIpc) is 2.80. The van der Waals surface area contributed by atoms with Gasteiger partial charge in [-0.2, -0.15) is 0 Å². The van der Waals surface area contributed by atoms with Crippen LogP contribution in [0, 0.1) is 17.8 Å². The Morgan fingerprint density at radius 1 is 0.833 bits per heavy atom. The zero-order chi connectivity index (χ0) is 21.0. The Bertz CT molecular complexity index is 592. The summed E-state index contributed by atoms with van der Waals surface area (Å²) in [5.74, 6) is 4.52. The molecule has 0 unspecified atom stereocenters. The van der Waals surface area contributed by atoms with Crippen molar-refractivity contribution in [1.82, 2.24) is 0 Å². The quantitative estimate of drug-likeness (QED) is 0.328. The maximum atomic E-state index is 12.1. The van der Waals surface area contributed by atoms with Gasteiger partial charge in [0.15, 0.2) is 0 Å². The summed E-state index contributed by atoms with van der Waals surface area (Å²) < 4.78 is 17.9. The molecule has 1 aromatic carbocycles. The number of allylic oxidation sites excluding steroid dienone is 1. The van der Waals surface area contributed by atoms with E-state index in [1.807, 2.05) is 0 Å². The minimum atomic E-state index is 0.707. The third-order valence-corrected chi connectivity index (χ3v) is 7.75. The highest BCUT2D eigenvalue weighted by Gasteiger charge is 2.25. The Hall–Kier alpha value is -1.31. The molecule has 2 aliphatic rings. The highest BCUT2D eigenvalue weighted by Crippen LogP contribution is 2.40. The van der Waals surface area contributed by atoms with Crippen LogP contribution in [0.5, 0.6) is 5.75 Å². The standard InChI is InChI=1S/C28H43FO/c1-2-3-22-30-28-19-17-27(18-20-28)26-15-13-25(14-16-26)12-11-24-9-7-23(8-10-24)6-4-5-21-29/h5,17-21,23-26H,2-4,6-16,22H2,1H3/t23-,24-,25-,26-. The number of ether oxygens (including phenoxy) is 1. The van der Waals surface area contributed by atoms with Crippen molar-refractivity contribution in [3.8, 4) is 5.75 Å². The molecule has 0 aliphatic heterocycles. The molecule has 3 rings (SSSR count). The van der Waals surface area contributed by atoms with Crippen LogP contribution in [0.4, 0.5) is 4.39 Å². The van der Waals surface area contributed by atoms with Crippen LogP contribution in [-0.4, -0.2) is 6.61 Å². The molecule has 0 atom stereocenters. The number of hydrogen-bond donors (Lipinski definition) is 0. The van der Waals surface area contributed by atoms with Crippen LogP contribution in [0.25, 0.3) is 0 Å². The van der Waals surface area contributed by atoms with Gasteiger partial charge in [-0.15, -0.1) is 0 Å². The first-order valence-electron chi connectivity index (χ1n) is 12.8. The first-order valence-corrected chi connectivity index (χ1v) is 12.8. The highest BCUT2D eigenvalue weighted by atomic mass is 19.1. The minimum Gasteiger partial charge on any atom is -0.494 e. The van der Waals surface area contributed by atoms with E-state index in [0.29, 0.717) is 6.33 Å². The summed E-state index contributed by atoms with van der Waals surface area (Å²) in [5, 5.41) is 0. The molecule has 0 spiro atoms. The molecule has 1 nitrogen and oxygen atoms in total.